The number of fused-ring (bicyclic) bond motifs is 1. The van der Waals surface area contributed by atoms with Gasteiger partial charge in [0.1, 0.15) is 5.82 Å². The number of nitrogens with two attached hydrogens (primary N) is 1. The summed E-state index contributed by atoms with van der Waals surface area (Å²) in [7, 11) is 0. The van der Waals surface area contributed by atoms with E-state index in [1.165, 1.54) is 42.3 Å². The first-order chi connectivity index (χ1) is 8.31. The van der Waals surface area contributed by atoms with Crippen LogP contribution in [0.5, 0.6) is 0 Å². The summed E-state index contributed by atoms with van der Waals surface area (Å²) < 4.78 is 2.32. The van der Waals surface area contributed by atoms with Crippen LogP contribution in [0, 0.1) is 5.92 Å². The molecule has 17 heavy (non-hydrogen) atoms. The SMILES string of the molecule is NC1CCn2cc(CC3CCSCC3)nc2C1. The average molecular weight is 251 g/mol. The van der Waals surface area contributed by atoms with Gasteiger partial charge in [0.25, 0.3) is 0 Å². The number of aryl methyl sites for hydroxylation is 1. The van der Waals surface area contributed by atoms with Gasteiger partial charge < -0.3 is 10.3 Å². The highest BCUT2D eigenvalue weighted by molar-refractivity contribution is 7.99. The molecule has 2 aliphatic rings. The monoisotopic (exact) mass is 251 g/mol. The summed E-state index contributed by atoms with van der Waals surface area (Å²) in [5.74, 6) is 4.75. The number of hydrogen-bond donors (Lipinski definition) is 1. The fourth-order valence-corrected chi connectivity index (χ4v) is 4.06. The number of nitrogens with zero attached hydrogens (tertiary/aromatic N) is 2. The van der Waals surface area contributed by atoms with Crippen LogP contribution in [0.25, 0.3) is 0 Å². The topological polar surface area (TPSA) is 43.8 Å². The van der Waals surface area contributed by atoms with Gasteiger partial charge >= 0.3 is 0 Å². The van der Waals surface area contributed by atoms with Gasteiger partial charge in [0.2, 0.25) is 0 Å². The minimum absolute atomic E-state index is 0.323. The Morgan fingerprint density at radius 2 is 2.18 bits per heavy atom. The Balaban J connectivity index is 1.67. The van der Waals surface area contributed by atoms with Gasteiger partial charge in [-0.25, -0.2) is 4.98 Å². The smallest absolute Gasteiger partial charge is 0.110 e. The minimum Gasteiger partial charge on any atom is -0.335 e. The van der Waals surface area contributed by atoms with Crippen LogP contribution in [0.3, 0.4) is 0 Å². The molecule has 1 saturated heterocycles. The standard InChI is InChI=1S/C13H21N3S/c14-11-1-4-16-9-12(15-13(16)8-11)7-10-2-5-17-6-3-10/h9-11H,1-8,14H2. The summed E-state index contributed by atoms with van der Waals surface area (Å²) in [6.45, 7) is 1.06. The van der Waals surface area contributed by atoms with Gasteiger partial charge in [-0.1, -0.05) is 0 Å². The van der Waals surface area contributed by atoms with Crippen molar-refractivity contribution < 1.29 is 0 Å². The fraction of sp³-hybridized carbons (Fsp3) is 0.769. The zero-order valence-electron chi connectivity index (χ0n) is 10.3. The maximum absolute atomic E-state index is 5.99. The Labute approximate surface area is 107 Å². The van der Waals surface area contributed by atoms with Gasteiger partial charge in [-0.3, -0.25) is 0 Å². The summed E-state index contributed by atoms with van der Waals surface area (Å²) >= 11 is 2.09. The molecule has 0 aliphatic carbocycles. The number of thioether (sulfide) groups is 1. The summed E-state index contributed by atoms with van der Waals surface area (Å²) in [5.41, 5.74) is 7.28. The molecule has 94 valence electrons. The van der Waals surface area contributed by atoms with E-state index in [9.17, 15) is 0 Å². The highest BCUT2D eigenvalue weighted by atomic mass is 32.2. The van der Waals surface area contributed by atoms with Crippen LogP contribution in [-0.2, 0) is 19.4 Å². The third kappa shape index (κ3) is 2.68. The van der Waals surface area contributed by atoms with E-state index in [0.717, 1.165) is 25.3 Å². The molecule has 0 radical (unpaired) electrons. The molecule has 3 rings (SSSR count). The maximum Gasteiger partial charge on any atom is 0.110 e. The van der Waals surface area contributed by atoms with E-state index in [2.05, 4.69) is 22.5 Å². The Hall–Kier alpha value is -0.480. The van der Waals surface area contributed by atoms with Crippen LogP contribution in [0.1, 0.15) is 30.8 Å². The lowest BCUT2D eigenvalue weighted by molar-refractivity contribution is 0.463. The Morgan fingerprint density at radius 3 is 3.00 bits per heavy atom. The number of aromatic nitrogens is 2. The third-order valence-electron chi connectivity index (χ3n) is 3.93. The van der Waals surface area contributed by atoms with Crippen LogP contribution in [0.4, 0.5) is 0 Å². The molecule has 1 fully saturated rings. The fourth-order valence-electron chi connectivity index (χ4n) is 2.86. The first-order valence-electron chi connectivity index (χ1n) is 6.69. The van der Waals surface area contributed by atoms with Gasteiger partial charge in [-0.15, -0.1) is 0 Å². The molecular formula is C13H21N3S. The summed E-state index contributed by atoms with van der Waals surface area (Å²) in [6.07, 6.45) is 8.24. The van der Waals surface area contributed by atoms with Crippen molar-refractivity contribution in [2.75, 3.05) is 11.5 Å². The van der Waals surface area contributed by atoms with E-state index >= 15 is 0 Å². The molecule has 2 N–H and O–H groups in total. The quantitative estimate of drug-likeness (QED) is 0.872. The molecule has 0 saturated carbocycles. The first kappa shape index (κ1) is 11.6. The summed E-state index contributed by atoms with van der Waals surface area (Å²) in [5, 5.41) is 0. The molecule has 4 heteroatoms. The molecule has 1 atom stereocenters. The van der Waals surface area contributed by atoms with Crippen molar-refractivity contribution in [3.05, 3.63) is 17.7 Å². The second-order valence-corrected chi connectivity index (χ2v) is 6.58. The number of hydrogen-bond acceptors (Lipinski definition) is 3. The molecule has 0 aromatic carbocycles. The zero-order valence-corrected chi connectivity index (χ0v) is 11.1. The Kier molecular flexibility index (Phi) is 3.43. The molecule has 3 nitrogen and oxygen atoms in total. The van der Waals surface area contributed by atoms with Crippen molar-refractivity contribution in [1.82, 2.24) is 9.55 Å². The maximum atomic E-state index is 5.99. The van der Waals surface area contributed by atoms with E-state index in [4.69, 9.17) is 10.7 Å². The zero-order chi connectivity index (χ0) is 11.7. The van der Waals surface area contributed by atoms with Gasteiger partial charge in [0, 0.05) is 25.2 Å². The lowest BCUT2D eigenvalue weighted by Crippen LogP contribution is -2.30. The summed E-state index contributed by atoms with van der Waals surface area (Å²) in [6, 6.07) is 0.323. The average Bonchev–Trinajstić information content (AvgIpc) is 2.71. The highest BCUT2D eigenvalue weighted by Crippen LogP contribution is 2.26. The van der Waals surface area contributed by atoms with E-state index in [1.807, 2.05) is 0 Å². The molecule has 1 aromatic rings. The van der Waals surface area contributed by atoms with Crippen molar-refractivity contribution in [1.29, 1.82) is 0 Å². The molecular weight excluding hydrogens is 230 g/mol. The van der Waals surface area contributed by atoms with Crippen molar-refractivity contribution >= 4 is 11.8 Å². The van der Waals surface area contributed by atoms with Crippen molar-refractivity contribution in [3.8, 4) is 0 Å². The van der Waals surface area contributed by atoms with Crippen LogP contribution in [0.2, 0.25) is 0 Å². The molecule has 0 spiro atoms. The predicted octanol–water partition coefficient (Wildman–Crippen LogP) is 1.84. The molecule has 0 bridgehead atoms. The lowest BCUT2D eigenvalue weighted by atomic mass is 9.97. The Morgan fingerprint density at radius 1 is 1.35 bits per heavy atom. The first-order valence-corrected chi connectivity index (χ1v) is 7.85. The minimum atomic E-state index is 0.323. The van der Waals surface area contributed by atoms with Crippen molar-refractivity contribution in [2.45, 2.75) is 44.7 Å². The van der Waals surface area contributed by atoms with E-state index in [1.54, 1.807) is 0 Å². The van der Waals surface area contributed by atoms with E-state index in [-0.39, 0.29) is 0 Å². The van der Waals surface area contributed by atoms with Crippen LogP contribution in [0.15, 0.2) is 6.20 Å². The molecule has 2 aliphatic heterocycles. The summed E-state index contributed by atoms with van der Waals surface area (Å²) in [4.78, 5) is 4.77. The number of imidazole rings is 1. The van der Waals surface area contributed by atoms with Crippen molar-refractivity contribution in [2.24, 2.45) is 11.7 Å². The second-order valence-electron chi connectivity index (χ2n) is 5.35. The largest absolute Gasteiger partial charge is 0.335 e. The van der Waals surface area contributed by atoms with E-state index in [0.29, 0.717) is 6.04 Å². The van der Waals surface area contributed by atoms with Gasteiger partial charge in [-0.2, -0.15) is 11.8 Å². The van der Waals surface area contributed by atoms with Crippen LogP contribution >= 0.6 is 11.8 Å². The van der Waals surface area contributed by atoms with Gasteiger partial charge in [0.15, 0.2) is 0 Å². The highest BCUT2D eigenvalue weighted by Gasteiger charge is 2.20. The molecule has 0 amide bonds. The molecule has 3 heterocycles. The van der Waals surface area contributed by atoms with Crippen LogP contribution < -0.4 is 5.73 Å². The number of rotatable bonds is 2. The van der Waals surface area contributed by atoms with Crippen LogP contribution in [-0.4, -0.2) is 27.1 Å². The molecule has 1 unspecified atom stereocenters. The lowest BCUT2D eigenvalue weighted by Gasteiger charge is -2.19. The third-order valence-corrected chi connectivity index (χ3v) is 4.98. The van der Waals surface area contributed by atoms with Gasteiger partial charge in [0.05, 0.1) is 5.69 Å². The van der Waals surface area contributed by atoms with E-state index < -0.39 is 0 Å². The Bertz CT molecular complexity index is 382. The van der Waals surface area contributed by atoms with Gasteiger partial charge in [-0.05, 0) is 43.1 Å². The van der Waals surface area contributed by atoms with Crippen molar-refractivity contribution in [3.63, 3.8) is 0 Å². The normalized spacial score (nSPS) is 25.8. The molecule has 1 aromatic heterocycles. The second kappa shape index (κ2) is 5.02. The predicted molar refractivity (Wildman–Crippen MR) is 72.3 cm³/mol.